The van der Waals surface area contributed by atoms with Crippen LogP contribution in [0.25, 0.3) is 0 Å². The molecule has 47 heavy (non-hydrogen) atoms. The molecule has 0 saturated carbocycles. The Kier molecular flexibility index (Phi) is 9.16. The highest BCUT2D eigenvalue weighted by molar-refractivity contribution is 7.92. The second-order valence-electron chi connectivity index (χ2n) is 11.6. The van der Waals surface area contributed by atoms with Crippen molar-refractivity contribution in [1.29, 1.82) is 0 Å². The van der Waals surface area contributed by atoms with Crippen molar-refractivity contribution in [2.45, 2.75) is 48.9 Å². The monoisotopic (exact) mass is 664 g/mol. The van der Waals surface area contributed by atoms with Gasteiger partial charge < -0.3 is 24.8 Å². The summed E-state index contributed by atoms with van der Waals surface area (Å²) in [7, 11) is 0.490. The van der Waals surface area contributed by atoms with E-state index >= 15 is 0 Å². The number of carboxylic acid groups (broad SMARTS) is 1. The van der Waals surface area contributed by atoms with E-state index < -0.39 is 51.0 Å². The summed E-state index contributed by atoms with van der Waals surface area (Å²) >= 11 is 0. The Morgan fingerprint density at radius 2 is 1.68 bits per heavy atom. The molecule has 3 aromatic carbocycles. The van der Waals surface area contributed by atoms with Crippen LogP contribution in [0.5, 0.6) is 11.5 Å². The van der Waals surface area contributed by atoms with Gasteiger partial charge in [-0.2, -0.15) is 0 Å². The fourth-order valence-electron chi connectivity index (χ4n) is 5.89. The number of hydrogen-bond donors (Lipinski definition) is 3. The Bertz CT molecular complexity index is 1880. The molecule has 248 valence electrons. The molecule has 2 heterocycles. The van der Waals surface area contributed by atoms with Crippen molar-refractivity contribution in [2.75, 3.05) is 38.0 Å². The molecule has 0 spiro atoms. The normalized spacial score (nSPS) is 16.5. The molecule has 5 rings (SSSR count). The van der Waals surface area contributed by atoms with Gasteiger partial charge in [-0.25, -0.2) is 13.2 Å². The van der Waals surface area contributed by atoms with E-state index in [0.717, 1.165) is 4.90 Å². The summed E-state index contributed by atoms with van der Waals surface area (Å²) in [6.45, 7) is 3.43. The fraction of sp³-hybridized carbons (Fsp3) is 0.333. The lowest BCUT2D eigenvalue weighted by Crippen LogP contribution is -2.38. The smallest absolute Gasteiger partial charge is 0.411 e. The fourth-order valence-corrected chi connectivity index (χ4v) is 7.18. The first kappa shape index (κ1) is 33.3. The number of fused-ring (bicyclic) bond motifs is 1. The standard InChI is InChI=1S/C33H36N4O9S/c1-18(2)47(43,44)28-13-10-21(36(3)33(41)42)17-24(28)25-7-6-14-37(25)32(40)29(19-8-12-26(45-4)27(15-19)46-5)34-20-9-11-22-23(16-20)31(39)35-30(22)38/h8-13,15-18,25,29,34H,6-7,14H2,1-5H3,(H,41,42)(H,35,38,39)/t25-,29-/m1/s1. The number of nitrogens with zero attached hydrogens (tertiary/aromatic N) is 2. The van der Waals surface area contributed by atoms with E-state index in [1.54, 1.807) is 43.0 Å². The molecule has 2 aliphatic rings. The van der Waals surface area contributed by atoms with Gasteiger partial charge in [-0.15, -0.1) is 0 Å². The summed E-state index contributed by atoms with van der Waals surface area (Å²) in [5.41, 5.74) is 1.86. The molecule has 0 aliphatic carbocycles. The number of nitrogens with one attached hydrogen (secondary N) is 2. The van der Waals surface area contributed by atoms with E-state index in [4.69, 9.17) is 9.47 Å². The SMILES string of the molecule is COc1ccc([C@@H](Nc2ccc3c(c2)C(=O)NC3=O)C(=O)N2CCC[C@@H]2c2cc(N(C)C(=O)O)ccc2S(=O)(=O)C(C)C)cc1OC. The molecule has 4 amide bonds. The maximum atomic E-state index is 14.7. The predicted octanol–water partition coefficient (Wildman–Crippen LogP) is 4.40. The number of methoxy groups -OCH3 is 2. The quantitative estimate of drug-likeness (QED) is 0.264. The van der Waals surface area contributed by atoms with Gasteiger partial charge >= 0.3 is 6.09 Å². The van der Waals surface area contributed by atoms with Crippen molar-refractivity contribution in [3.05, 3.63) is 76.9 Å². The Labute approximate surface area is 272 Å². The van der Waals surface area contributed by atoms with Gasteiger partial charge in [-0.3, -0.25) is 24.6 Å². The minimum atomic E-state index is -3.83. The first-order valence-corrected chi connectivity index (χ1v) is 16.5. The number of sulfone groups is 1. The Balaban J connectivity index is 1.61. The van der Waals surface area contributed by atoms with E-state index in [2.05, 4.69) is 10.6 Å². The highest BCUT2D eigenvalue weighted by Gasteiger charge is 2.39. The van der Waals surface area contributed by atoms with E-state index in [9.17, 15) is 32.7 Å². The highest BCUT2D eigenvalue weighted by Crippen LogP contribution is 2.41. The van der Waals surface area contributed by atoms with Crippen LogP contribution in [0.15, 0.2) is 59.5 Å². The van der Waals surface area contributed by atoms with Crippen LogP contribution in [-0.2, 0) is 14.6 Å². The van der Waals surface area contributed by atoms with Gasteiger partial charge in [0.2, 0.25) is 5.91 Å². The number of imide groups is 1. The first-order chi connectivity index (χ1) is 22.3. The second-order valence-corrected chi connectivity index (χ2v) is 14.1. The van der Waals surface area contributed by atoms with E-state index in [1.807, 2.05) is 0 Å². The van der Waals surface area contributed by atoms with Crippen molar-refractivity contribution >= 4 is 45.0 Å². The molecule has 3 N–H and O–H groups in total. The van der Waals surface area contributed by atoms with Crippen molar-refractivity contribution in [2.24, 2.45) is 0 Å². The Hall–Kier alpha value is -5.11. The topological polar surface area (TPSA) is 172 Å². The molecular weight excluding hydrogens is 628 g/mol. The molecule has 0 aromatic heterocycles. The number of carbonyl (C=O) groups excluding carboxylic acids is 3. The summed E-state index contributed by atoms with van der Waals surface area (Å²) in [4.78, 5) is 53.6. The summed E-state index contributed by atoms with van der Waals surface area (Å²) in [6.07, 6.45) is -0.222. The molecule has 2 atom stereocenters. The van der Waals surface area contributed by atoms with E-state index in [1.165, 1.54) is 51.6 Å². The third-order valence-corrected chi connectivity index (χ3v) is 10.8. The molecule has 14 heteroatoms. The summed E-state index contributed by atoms with van der Waals surface area (Å²) < 4.78 is 38.0. The number of rotatable bonds is 10. The van der Waals surface area contributed by atoms with Crippen LogP contribution in [0.2, 0.25) is 0 Å². The van der Waals surface area contributed by atoms with Crippen molar-refractivity contribution < 1.29 is 42.2 Å². The number of likely N-dealkylation sites (tertiary alicyclic amines) is 1. The maximum absolute atomic E-state index is 14.7. The molecular formula is C33H36N4O9S. The van der Waals surface area contributed by atoms with Crippen molar-refractivity contribution in [3.8, 4) is 11.5 Å². The number of carbonyl (C=O) groups is 4. The van der Waals surface area contributed by atoms with Gasteiger partial charge in [0.05, 0.1) is 41.5 Å². The van der Waals surface area contributed by atoms with Crippen LogP contribution in [0.1, 0.15) is 70.6 Å². The number of hydrogen-bond acceptors (Lipinski definition) is 9. The molecule has 1 fully saturated rings. The Morgan fingerprint density at radius 1 is 0.979 bits per heavy atom. The van der Waals surface area contributed by atoms with Gasteiger partial charge in [-0.1, -0.05) is 6.07 Å². The number of anilines is 2. The Morgan fingerprint density at radius 3 is 2.34 bits per heavy atom. The van der Waals surface area contributed by atoms with Gasteiger partial charge in [-0.05, 0) is 86.3 Å². The predicted molar refractivity (Wildman–Crippen MR) is 173 cm³/mol. The molecule has 2 aliphatic heterocycles. The van der Waals surface area contributed by atoms with Gasteiger partial charge in [0.15, 0.2) is 21.3 Å². The van der Waals surface area contributed by atoms with Crippen molar-refractivity contribution in [3.63, 3.8) is 0 Å². The van der Waals surface area contributed by atoms with Crippen LogP contribution in [0.3, 0.4) is 0 Å². The second kappa shape index (κ2) is 12.9. The first-order valence-electron chi connectivity index (χ1n) is 14.9. The lowest BCUT2D eigenvalue weighted by atomic mass is 10.00. The largest absolute Gasteiger partial charge is 0.493 e. The minimum Gasteiger partial charge on any atom is -0.493 e. The van der Waals surface area contributed by atoms with Crippen LogP contribution in [0.4, 0.5) is 16.2 Å². The summed E-state index contributed by atoms with van der Waals surface area (Å²) in [5.74, 6) is -0.641. The lowest BCUT2D eigenvalue weighted by Gasteiger charge is -2.32. The minimum absolute atomic E-state index is 0.0321. The summed E-state index contributed by atoms with van der Waals surface area (Å²) in [6, 6.07) is 12.2. The van der Waals surface area contributed by atoms with Gasteiger partial charge in [0.25, 0.3) is 11.8 Å². The maximum Gasteiger partial charge on any atom is 0.411 e. The summed E-state index contributed by atoms with van der Waals surface area (Å²) in [5, 5.41) is 14.3. The van der Waals surface area contributed by atoms with Gasteiger partial charge in [0.1, 0.15) is 6.04 Å². The zero-order chi connectivity index (χ0) is 34.2. The average molecular weight is 665 g/mol. The zero-order valence-corrected chi connectivity index (χ0v) is 27.4. The third-order valence-electron chi connectivity index (χ3n) is 8.52. The molecule has 0 unspecified atom stereocenters. The lowest BCUT2D eigenvalue weighted by molar-refractivity contribution is -0.133. The number of ether oxygens (including phenoxy) is 2. The van der Waals surface area contributed by atoms with E-state index in [-0.39, 0.29) is 21.7 Å². The molecule has 13 nitrogen and oxygen atoms in total. The molecule has 1 saturated heterocycles. The molecule has 0 bridgehead atoms. The third kappa shape index (κ3) is 6.20. The number of benzene rings is 3. The average Bonchev–Trinajstić information content (AvgIpc) is 3.66. The number of amides is 4. The zero-order valence-electron chi connectivity index (χ0n) is 26.6. The van der Waals surface area contributed by atoms with Gasteiger partial charge in [0, 0.05) is 25.0 Å². The highest BCUT2D eigenvalue weighted by atomic mass is 32.2. The molecule has 0 radical (unpaired) electrons. The van der Waals surface area contributed by atoms with E-state index in [0.29, 0.717) is 47.7 Å². The van der Waals surface area contributed by atoms with Crippen LogP contribution in [-0.4, -0.2) is 75.3 Å². The van der Waals surface area contributed by atoms with Crippen LogP contribution in [0, 0.1) is 0 Å². The van der Waals surface area contributed by atoms with Crippen molar-refractivity contribution in [1.82, 2.24) is 10.2 Å². The molecule has 3 aromatic rings. The van der Waals surface area contributed by atoms with Crippen LogP contribution >= 0.6 is 0 Å². The van der Waals surface area contributed by atoms with Crippen LogP contribution < -0.4 is 25.0 Å².